The lowest BCUT2D eigenvalue weighted by Crippen LogP contribution is -2.44. The Hall–Kier alpha value is -4.47. The minimum atomic E-state index is 0.280. The van der Waals surface area contributed by atoms with E-state index in [1.165, 1.54) is 63.7 Å². The zero-order chi connectivity index (χ0) is 39.0. The Morgan fingerprint density at radius 1 is 0.759 bits per heavy atom. The van der Waals surface area contributed by atoms with Crippen molar-refractivity contribution in [3.8, 4) is 0 Å². The van der Waals surface area contributed by atoms with E-state index in [0.29, 0.717) is 47.7 Å². The van der Waals surface area contributed by atoms with E-state index in [9.17, 15) is 0 Å². The van der Waals surface area contributed by atoms with Crippen LogP contribution in [0.4, 0.5) is 0 Å². The summed E-state index contributed by atoms with van der Waals surface area (Å²) < 4.78 is 2.65. The van der Waals surface area contributed by atoms with E-state index in [1.54, 1.807) is 5.56 Å². The summed E-state index contributed by atoms with van der Waals surface area (Å²) in [7, 11) is 0. The minimum Gasteiger partial charge on any atom is -0.310 e. The maximum Gasteiger partial charge on any atom is 0.0649 e. The lowest BCUT2D eigenvalue weighted by atomic mass is 9.73. The molecule has 9 aliphatic rings. The van der Waals surface area contributed by atoms with Crippen molar-refractivity contribution in [1.29, 1.82) is 0 Å². The van der Waals surface area contributed by atoms with Gasteiger partial charge in [0.1, 0.15) is 0 Å². The summed E-state index contributed by atoms with van der Waals surface area (Å²) in [6.45, 7) is 4.97. The van der Waals surface area contributed by atoms with E-state index in [-0.39, 0.29) is 6.04 Å². The zero-order valence-electron chi connectivity index (χ0n) is 34.9. The van der Waals surface area contributed by atoms with Crippen LogP contribution < -0.4 is 10.6 Å². The van der Waals surface area contributed by atoms with E-state index in [2.05, 4.69) is 157 Å². The molecule has 3 nitrogen and oxygen atoms in total. The number of allylic oxidation sites excluding steroid dienone is 17. The molecule has 0 spiro atoms. The summed E-state index contributed by atoms with van der Waals surface area (Å²) >= 11 is 0. The number of dihydropyridines is 1. The molecule has 1 saturated heterocycles. The number of likely N-dealkylation sites (tertiary alicyclic amines) is 1. The molecule has 0 bridgehead atoms. The van der Waals surface area contributed by atoms with Crippen molar-refractivity contribution in [2.45, 2.75) is 121 Å². The highest BCUT2D eigenvalue weighted by Crippen LogP contribution is 2.47. The average Bonchev–Trinajstić information content (AvgIpc) is 3.79. The van der Waals surface area contributed by atoms with Crippen molar-refractivity contribution in [2.24, 2.45) is 34.6 Å². The van der Waals surface area contributed by atoms with Gasteiger partial charge < -0.3 is 4.57 Å². The molecule has 0 radical (unpaired) electrons. The van der Waals surface area contributed by atoms with Gasteiger partial charge in [-0.3, -0.25) is 9.89 Å². The summed E-state index contributed by atoms with van der Waals surface area (Å²) in [5, 5.41) is 2.94. The Morgan fingerprint density at radius 2 is 1.60 bits per heavy atom. The molecule has 0 aromatic carbocycles. The highest BCUT2D eigenvalue weighted by Gasteiger charge is 2.49. The number of nitrogens with zero attached hydrogens (tertiary/aromatic N) is 3. The molecular weight excluding hydrogens is 703 g/mol. The zero-order valence-corrected chi connectivity index (χ0v) is 34.9. The van der Waals surface area contributed by atoms with Gasteiger partial charge in [-0.25, -0.2) is 0 Å². The first-order valence-electron chi connectivity index (χ1n) is 23.1. The van der Waals surface area contributed by atoms with Crippen molar-refractivity contribution < 1.29 is 0 Å². The van der Waals surface area contributed by atoms with E-state index >= 15 is 0 Å². The van der Waals surface area contributed by atoms with Crippen molar-refractivity contribution in [1.82, 2.24) is 9.47 Å². The van der Waals surface area contributed by atoms with Gasteiger partial charge in [-0.1, -0.05) is 136 Å². The SMILES string of the molecule is CCCC1C(CC(C)C2C=Cc3c(c4c(n3C3=CCCC(C5=CC(C6=CCCC=C6)=NC(C6C=CC=CC6)C5)=C3)=CCCC=4)C2)C2C=CC=CC2N1C1C=CC=CC1. The van der Waals surface area contributed by atoms with Crippen molar-refractivity contribution in [2.75, 3.05) is 0 Å². The molecule has 0 N–H and O–H groups in total. The third-order valence-electron chi connectivity index (χ3n) is 15.0. The van der Waals surface area contributed by atoms with E-state index in [1.807, 2.05) is 0 Å². The van der Waals surface area contributed by atoms with Crippen LogP contribution in [-0.4, -0.2) is 39.3 Å². The number of rotatable bonds is 10. The van der Waals surface area contributed by atoms with Gasteiger partial charge in [0.2, 0.25) is 0 Å². The topological polar surface area (TPSA) is 20.5 Å². The van der Waals surface area contributed by atoms with Gasteiger partial charge in [0.25, 0.3) is 0 Å². The standard InChI is InChI=1S/C55H63N3/c1-3-18-52-48(46-27-13-15-29-53(46)57(52)44-24-11-6-12-25-44)33-38(2)41-31-32-55-49(35-41)47-28-14-16-30-54(47)58(55)45-26-17-23-42(34-45)43-36-50(39-19-7-4-8-20-39)56-51(37-43)40-21-9-5-10-22-40/h4,6-9,11-13,15,19,21-22,24,26-32,34,37-39,41,44,46,48,50,52-53H,3,5,10,14,16-18,20,23,25,33,35-36H2,1-2H3. The van der Waals surface area contributed by atoms with Gasteiger partial charge in [-0.2, -0.15) is 0 Å². The number of hydrogen-bond acceptors (Lipinski definition) is 2. The van der Waals surface area contributed by atoms with Crippen LogP contribution in [-0.2, 0) is 6.42 Å². The Bertz CT molecular complexity index is 2310. The lowest BCUT2D eigenvalue weighted by Gasteiger charge is -2.37. The average molecular weight is 766 g/mol. The maximum atomic E-state index is 5.43. The second-order valence-corrected chi connectivity index (χ2v) is 18.5. The normalized spacial score (nSPS) is 32.6. The molecule has 298 valence electrons. The van der Waals surface area contributed by atoms with E-state index in [0.717, 1.165) is 64.2 Å². The first-order valence-corrected chi connectivity index (χ1v) is 23.1. The fraction of sp³-hybridized carbons (Fsp3) is 0.436. The van der Waals surface area contributed by atoms with Crippen LogP contribution in [0.5, 0.6) is 0 Å². The molecule has 0 saturated carbocycles. The Morgan fingerprint density at radius 3 is 2.43 bits per heavy atom. The molecule has 10 rings (SSSR count). The fourth-order valence-corrected chi connectivity index (χ4v) is 12.1. The van der Waals surface area contributed by atoms with Gasteiger partial charge in [-0.15, -0.1) is 0 Å². The quantitative estimate of drug-likeness (QED) is 0.232. The molecule has 1 aromatic heterocycles. The number of hydrogen-bond donors (Lipinski definition) is 0. The predicted molar refractivity (Wildman–Crippen MR) is 246 cm³/mol. The third-order valence-corrected chi connectivity index (χ3v) is 15.0. The van der Waals surface area contributed by atoms with Crippen molar-refractivity contribution >= 4 is 29.6 Å². The van der Waals surface area contributed by atoms with E-state index in [4.69, 9.17) is 4.99 Å². The van der Waals surface area contributed by atoms with Crippen LogP contribution in [0, 0.1) is 29.6 Å². The smallest absolute Gasteiger partial charge is 0.0649 e. The minimum absolute atomic E-state index is 0.280. The summed E-state index contributed by atoms with van der Waals surface area (Å²) in [4.78, 5) is 8.35. The highest BCUT2D eigenvalue weighted by molar-refractivity contribution is 6.11. The first-order chi connectivity index (χ1) is 28.6. The fourth-order valence-electron chi connectivity index (χ4n) is 12.1. The molecule has 1 fully saturated rings. The van der Waals surface area contributed by atoms with Crippen molar-refractivity contribution in [3.63, 3.8) is 0 Å². The second kappa shape index (κ2) is 16.6. The lowest BCUT2D eigenvalue weighted by molar-refractivity contribution is 0.143. The van der Waals surface area contributed by atoms with Crippen LogP contribution in [0.15, 0.2) is 137 Å². The summed E-state index contributed by atoms with van der Waals surface area (Å²) in [6.07, 6.45) is 67.9. The Labute approximate surface area is 347 Å². The van der Waals surface area contributed by atoms with Gasteiger partial charge >= 0.3 is 0 Å². The van der Waals surface area contributed by atoms with Gasteiger partial charge in [0, 0.05) is 46.7 Å². The van der Waals surface area contributed by atoms with Gasteiger partial charge in [-0.05, 0) is 141 Å². The van der Waals surface area contributed by atoms with Gasteiger partial charge in [0.05, 0.1) is 11.8 Å². The van der Waals surface area contributed by atoms with Crippen LogP contribution in [0.25, 0.3) is 23.9 Å². The molecule has 3 heteroatoms. The number of aromatic nitrogens is 1. The van der Waals surface area contributed by atoms with Crippen molar-refractivity contribution in [3.05, 3.63) is 154 Å². The molecule has 3 heterocycles. The number of fused-ring (bicyclic) bond motifs is 4. The van der Waals surface area contributed by atoms with Crippen LogP contribution >= 0.6 is 0 Å². The molecule has 9 unspecified atom stereocenters. The van der Waals surface area contributed by atoms with Crippen LogP contribution in [0.3, 0.4) is 0 Å². The third kappa shape index (κ3) is 7.16. The molecule has 58 heavy (non-hydrogen) atoms. The second-order valence-electron chi connectivity index (χ2n) is 18.5. The molecular formula is C55H63N3. The van der Waals surface area contributed by atoms with Gasteiger partial charge in [0.15, 0.2) is 0 Å². The molecule has 2 aliphatic heterocycles. The van der Waals surface area contributed by atoms with E-state index < -0.39 is 0 Å². The van der Waals surface area contributed by atoms with Crippen LogP contribution in [0.1, 0.15) is 102 Å². The maximum absolute atomic E-state index is 5.43. The predicted octanol–water partition coefficient (Wildman–Crippen LogP) is 11.3. The molecule has 9 atom stereocenters. The highest BCUT2D eigenvalue weighted by atomic mass is 15.2. The number of aliphatic imine (C=N–C) groups is 1. The monoisotopic (exact) mass is 766 g/mol. The first kappa shape index (κ1) is 37.8. The van der Waals surface area contributed by atoms with Crippen LogP contribution in [0.2, 0.25) is 0 Å². The molecule has 0 amide bonds. The Balaban J connectivity index is 0.934. The largest absolute Gasteiger partial charge is 0.310 e. The molecule has 1 aromatic rings. The Kier molecular flexibility index (Phi) is 10.8. The summed E-state index contributed by atoms with van der Waals surface area (Å²) in [5.74, 6) is 2.91. The summed E-state index contributed by atoms with van der Waals surface area (Å²) in [5.41, 5.74) is 9.86. The molecule has 7 aliphatic carbocycles. The summed E-state index contributed by atoms with van der Waals surface area (Å²) in [6, 6.07) is 1.92.